The molecule has 0 heterocycles. The Kier molecular flexibility index (Phi) is 44.2. The van der Waals surface area contributed by atoms with Gasteiger partial charge in [-0.15, -0.1) is 0 Å². The van der Waals surface area contributed by atoms with Gasteiger partial charge in [-0.3, -0.25) is 18.6 Å². The van der Waals surface area contributed by atoms with Crippen molar-refractivity contribution in [2.45, 2.75) is 168 Å². The molecule has 3 N–H and O–H groups in total. The van der Waals surface area contributed by atoms with Crippen LogP contribution in [0.25, 0.3) is 0 Å². The van der Waals surface area contributed by atoms with Crippen LogP contribution in [0.4, 0.5) is 0 Å². The molecule has 62 heavy (non-hydrogen) atoms. The number of carbonyl (C=O) groups is 2. The zero-order valence-corrected chi connectivity index (χ0v) is 39.4. The summed E-state index contributed by atoms with van der Waals surface area (Å²) in [6.45, 7) is 3.48. The van der Waals surface area contributed by atoms with Crippen molar-refractivity contribution in [1.82, 2.24) is 0 Å². The molecule has 0 aromatic carbocycles. The molecule has 0 aliphatic carbocycles. The van der Waals surface area contributed by atoms with E-state index in [9.17, 15) is 19.0 Å². The minimum absolute atomic E-state index is 0.0362. The third-order valence-electron chi connectivity index (χ3n) is 9.08. The number of unbranched alkanes of at least 4 members (excludes halogenated alkanes) is 9. The molecule has 0 spiro atoms. The predicted octanol–water partition coefficient (Wildman–Crippen LogP) is 14.1. The summed E-state index contributed by atoms with van der Waals surface area (Å²) < 4.78 is 32.7. The van der Waals surface area contributed by atoms with E-state index in [1.807, 2.05) is 6.08 Å². The van der Waals surface area contributed by atoms with E-state index in [2.05, 4.69) is 129 Å². The summed E-state index contributed by atoms with van der Waals surface area (Å²) in [6.07, 6.45) is 63.9. The fraction of sp³-hybridized carbons (Fsp3) is 0.577. The van der Waals surface area contributed by atoms with Crippen molar-refractivity contribution in [2.75, 3.05) is 26.4 Å². The Labute approximate surface area is 377 Å². The van der Waals surface area contributed by atoms with Crippen LogP contribution in [0.3, 0.4) is 0 Å². The summed E-state index contributed by atoms with van der Waals surface area (Å²) in [7, 11) is -4.40. The highest BCUT2D eigenvalue weighted by molar-refractivity contribution is 7.47. The monoisotopic (exact) mass is 882 g/mol. The van der Waals surface area contributed by atoms with Gasteiger partial charge in [0.25, 0.3) is 0 Å². The molecule has 0 saturated heterocycles. The number of esters is 2. The average molecular weight is 882 g/mol. The number of allylic oxidation sites excluding steroid dienone is 20. The van der Waals surface area contributed by atoms with Gasteiger partial charge in [-0.2, -0.15) is 0 Å². The average Bonchev–Trinajstić information content (AvgIpc) is 3.26. The van der Waals surface area contributed by atoms with Crippen molar-refractivity contribution in [1.29, 1.82) is 0 Å². The van der Waals surface area contributed by atoms with Gasteiger partial charge in [0, 0.05) is 19.4 Å². The van der Waals surface area contributed by atoms with Gasteiger partial charge < -0.3 is 20.1 Å². The van der Waals surface area contributed by atoms with Crippen LogP contribution in [0.2, 0.25) is 0 Å². The lowest BCUT2D eigenvalue weighted by Crippen LogP contribution is -2.29. The number of phosphoric acid groups is 1. The zero-order valence-electron chi connectivity index (χ0n) is 38.5. The summed E-state index contributed by atoms with van der Waals surface area (Å²) in [5.41, 5.74) is 5.34. The lowest BCUT2D eigenvalue weighted by molar-refractivity contribution is -0.161. The number of carbonyl (C=O) groups excluding carboxylic acids is 2. The highest BCUT2D eigenvalue weighted by atomic mass is 31.2. The molecule has 10 heteroatoms. The number of phosphoric ester groups is 1. The van der Waals surface area contributed by atoms with Crippen LogP contribution in [-0.2, 0) is 32.7 Å². The molecular weight excluding hydrogens is 798 g/mol. The van der Waals surface area contributed by atoms with E-state index in [1.165, 1.54) is 19.3 Å². The highest BCUT2D eigenvalue weighted by Gasteiger charge is 2.25. The van der Waals surface area contributed by atoms with Gasteiger partial charge in [-0.05, 0) is 103 Å². The first-order valence-corrected chi connectivity index (χ1v) is 25.0. The molecule has 9 nitrogen and oxygen atoms in total. The number of hydrogen-bond acceptors (Lipinski definition) is 8. The van der Waals surface area contributed by atoms with E-state index in [4.69, 9.17) is 24.3 Å². The molecule has 2 unspecified atom stereocenters. The lowest BCUT2D eigenvalue weighted by Gasteiger charge is -2.19. The van der Waals surface area contributed by atoms with Gasteiger partial charge in [-0.25, -0.2) is 4.57 Å². The van der Waals surface area contributed by atoms with Gasteiger partial charge >= 0.3 is 19.8 Å². The number of ether oxygens (including phenoxy) is 2. The number of hydrogen-bond donors (Lipinski definition) is 2. The first-order chi connectivity index (χ1) is 30.3. The number of rotatable bonds is 42. The SMILES string of the molecule is CC/C=C\C/C=C\C/C=C\C/C=C\C/C=C\C/C=C\C/C=C\C/C=C\C/C=C\CCCC(=O)OC(COC(=O)CCCCCCC/C=C\CCCCC)COP(=O)(O)OCCN. The van der Waals surface area contributed by atoms with Crippen LogP contribution < -0.4 is 5.73 Å². The summed E-state index contributed by atoms with van der Waals surface area (Å²) in [5.74, 6) is -0.922. The maximum atomic E-state index is 12.6. The summed E-state index contributed by atoms with van der Waals surface area (Å²) in [5, 5.41) is 0. The maximum absolute atomic E-state index is 12.6. The minimum Gasteiger partial charge on any atom is -0.462 e. The largest absolute Gasteiger partial charge is 0.472 e. The molecule has 0 saturated carbocycles. The Balaban J connectivity index is 4.23. The van der Waals surface area contributed by atoms with Gasteiger partial charge in [-0.1, -0.05) is 167 Å². The predicted molar refractivity (Wildman–Crippen MR) is 261 cm³/mol. The second kappa shape index (κ2) is 46.9. The van der Waals surface area contributed by atoms with Crippen LogP contribution >= 0.6 is 7.82 Å². The molecule has 0 aliphatic heterocycles. The standard InChI is InChI=1S/C52H84NO8P/c1-3-5-7-9-11-13-15-17-18-19-20-21-22-23-24-25-26-27-28-29-30-31-32-33-35-37-39-41-43-45-52(55)61-50(49-60-62(56,57)59-47-46-53)48-58-51(54)44-42-40-38-36-34-16-14-12-10-8-6-4-2/h5,7,11-14,17-18,20-21,23-24,26-27,29-30,32-33,37,39,50H,3-4,6,8-10,15-16,19,22,25,28,31,34-36,38,40-49,53H2,1-2H3,(H,56,57)/b7-5-,13-11-,14-12-,18-17-,21-20-,24-23-,27-26-,30-29-,33-32-,39-37-. The first kappa shape index (κ1) is 58.4. The molecular formula is C52H84NO8P. The maximum Gasteiger partial charge on any atom is 0.472 e. The fourth-order valence-electron chi connectivity index (χ4n) is 5.63. The molecule has 350 valence electrons. The molecule has 0 aromatic rings. The van der Waals surface area contributed by atoms with Crippen LogP contribution in [-0.4, -0.2) is 49.3 Å². The Hall–Kier alpha value is -3.59. The molecule has 0 aliphatic rings. The zero-order chi connectivity index (χ0) is 45.3. The van der Waals surface area contributed by atoms with E-state index >= 15 is 0 Å². The molecule has 0 rings (SSSR count). The van der Waals surface area contributed by atoms with E-state index in [-0.39, 0.29) is 32.6 Å². The van der Waals surface area contributed by atoms with E-state index in [0.717, 1.165) is 96.3 Å². The highest BCUT2D eigenvalue weighted by Crippen LogP contribution is 2.43. The van der Waals surface area contributed by atoms with Crippen molar-refractivity contribution in [2.24, 2.45) is 5.73 Å². The van der Waals surface area contributed by atoms with E-state index in [1.54, 1.807) is 0 Å². The number of nitrogens with two attached hydrogens (primary N) is 1. The molecule has 0 amide bonds. The minimum atomic E-state index is -4.40. The Bertz CT molecular complexity index is 1420. The quantitative estimate of drug-likeness (QED) is 0.0266. The van der Waals surface area contributed by atoms with Gasteiger partial charge in [0.1, 0.15) is 6.61 Å². The Morgan fingerprint density at radius 1 is 0.500 bits per heavy atom. The molecule has 0 aromatic heterocycles. The van der Waals surface area contributed by atoms with E-state index in [0.29, 0.717) is 19.3 Å². The van der Waals surface area contributed by atoms with Gasteiger partial charge in [0.05, 0.1) is 13.2 Å². The Morgan fingerprint density at radius 2 is 0.903 bits per heavy atom. The molecule has 0 bridgehead atoms. The van der Waals surface area contributed by atoms with Crippen molar-refractivity contribution >= 4 is 19.8 Å². The smallest absolute Gasteiger partial charge is 0.462 e. The van der Waals surface area contributed by atoms with Crippen molar-refractivity contribution in [3.63, 3.8) is 0 Å². The van der Waals surface area contributed by atoms with Crippen molar-refractivity contribution in [3.05, 3.63) is 122 Å². The van der Waals surface area contributed by atoms with Gasteiger partial charge in [0.15, 0.2) is 6.10 Å². The molecule has 0 fully saturated rings. The lowest BCUT2D eigenvalue weighted by atomic mass is 10.1. The third kappa shape index (κ3) is 45.9. The summed E-state index contributed by atoms with van der Waals surface area (Å²) >= 11 is 0. The normalized spacial score (nSPS) is 14.3. The van der Waals surface area contributed by atoms with Crippen LogP contribution in [0, 0.1) is 0 Å². The van der Waals surface area contributed by atoms with Crippen LogP contribution in [0.15, 0.2) is 122 Å². The second-order valence-electron chi connectivity index (χ2n) is 14.9. The van der Waals surface area contributed by atoms with Crippen molar-refractivity contribution in [3.8, 4) is 0 Å². The van der Waals surface area contributed by atoms with Crippen molar-refractivity contribution < 1.29 is 37.6 Å². The summed E-state index contributed by atoms with van der Waals surface area (Å²) in [4.78, 5) is 34.9. The summed E-state index contributed by atoms with van der Waals surface area (Å²) in [6, 6.07) is 0. The molecule has 0 radical (unpaired) electrons. The Morgan fingerprint density at radius 3 is 1.39 bits per heavy atom. The first-order valence-electron chi connectivity index (χ1n) is 23.5. The topological polar surface area (TPSA) is 134 Å². The van der Waals surface area contributed by atoms with E-state index < -0.39 is 32.5 Å². The third-order valence-corrected chi connectivity index (χ3v) is 10.1. The van der Waals surface area contributed by atoms with Gasteiger partial charge in [0.2, 0.25) is 0 Å². The second-order valence-corrected chi connectivity index (χ2v) is 16.3. The molecule has 2 atom stereocenters. The van der Waals surface area contributed by atoms with Crippen LogP contribution in [0.1, 0.15) is 162 Å². The fourth-order valence-corrected chi connectivity index (χ4v) is 6.39. The van der Waals surface area contributed by atoms with Crippen LogP contribution in [0.5, 0.6) is 0 Å².